The number of amides is 2. The van der Waals surface area contributed by atoms with E-state index in [0.29, 0.717) is 23.6 Å². The van der Waals surface area contributed by atoms with E-state index in [9.17, 15) is 9.59 Å². The summed E-state index contributed by atoms with van der Waals surface area (Å²) < 4.78 is 5.46. The molecule has 1 aliphatic rings. The van der Waals surface area contributed by atoms with Crippen LogP contribution in [0.2, 0.25) is 0 Å². The van der Waals surface area contributed by atoms with Crippen LogP contribution in [0.3, 0.4) is 0 Å². The first-order chi connectivity index (χ1) is 14.1. The summed E-state index contributed by atoms with van der Waals surface area (Å²) in [6.07, 6.45) is 0. The number of hydrogen-bond donors (Lipinski definition) is 1. The zero-order chi connectivity index (χ0) is 20.4. The van der Waals surface area contributed by atoms with Crippen molar-refractivity contribution in [2.24, 2.45) is 0 Å². The predicted octanol–water partition coefficient (Wildman–Crippen LogP) is 4.85. The lowest BCUT2D eigenvalue weighted by atomic mass is 10.1. The molecule has 5 nitrogen and oxygen atoms in total. The van der Waals surface area contributed by atoms with Gasteiger partial charge in [0, 0.05) is 10.6 Å². The lowest BCUT2D eigenvalue weighted by molar-refractivity contribution is -0.120. The Balaban J connectivity index is 1.72. The van der Waals surface area contributed by atoms with Crippen LogP contribution in [-0.2, 0) is 9.59 Å². The van der Waals surface area contributed by atoms with Crippen LogP contribution < -0.4 is 15.0 Å². The van der Waals surface area contributed by atoms with Gasteiger partial charge in [-0.1, -0.05) is 23.8 Å². The Hall–Kier alpha value is -3.38. The maximum atomic E-state index is 13.3. The van der Waals surface area contributed by atoms with E-state index in [1.807, 2.05) is 55.6 Å². The topological polar surface area (TPSA) is 58.6 Å². The number of thiophene rings is 1. The standard InChI is InChI=1S/C23H20N2O3S/c1-3-28-18-12-10-17(11-13-18)25-22(26)20(19-5-4-14-29-19)21(23(25)27)24-16-8-6-15(2)7-9-16/h4-14,24H,3H2,1-2H3. The predicted molar refractivity (Wildman–Crippen MR) is 116 cm³/mol. The molecule has 2 amide bonds. The maximum Gasteiger partial charge on any atom is 0.282 e. The van der Waals surface area contributed by atoms with Gasteiger partial charge in [-0.25, -0.2) is 4.90 Å². The molecule has 2 aromatic carbocycles. The Morgan fingerprint density at radius 1 is 0.966 bits per heavy atom. The molecule has 146 valence electrons. The van der Waals surface area contributed by atoms with Crippen molar-refractivity contribution >= 4 is 40.1 Å². The summed E-state index contributed by atoms with van der Waals surface area (Å²) in [6.45, 7) is 4.45. The van der Waals surface area contributed by atoms with Gasteiger partial charge in [0.2, 0.25) is 0 Å². The molecule has 0 saturated carbocycles. The lowest BCUT2D eigenvalue weighted by Gasteiger charge is -2.16. The molecule has 1 aromatic heterocycles. The smallest absolute Gasteiger partial charge is 0.282 e. The third-order valence-electron chi connectivity index (χ3n) is 4.58. The minimum absolute atomic E-state index is 0.287. The van der Waals surface area contributed by atoms with E-state index in [-0.39, 0.29) is 17.5 Å². The Bertz CT molecular complexity index is 1070. The van der Waals surface area contributed by atoms with Crippen LogP contribution in [0.25, 0.3) is 5.57 Å². The number of nitrogens with zero attached hydrogens (tertiary/aromatic N) is 1. The third-order valence-corrected chi connectivity index (χ3v) is 5.47. The molecule has 4 rings (SSSR count). The number of ether oxygens (including phenoxy) is 1. The van der Waals surface area contributed by atoms with E-state index in [1.165, 1.54) is 16.2 Å². The van der Waals surface area contributed by atoms with Crippen molar-refractivity contribution in [2.45, 2.75) is 13.8 Å². The molecule has 0 radical (unpaired) electrons. The Labute approximate surface area is 173 Å². The first-order valence-electron chi connectivity index (χ1n) is 9.32. The summed E-state index contributed by atoms with van der Waals surface area (Å²) in [5, 5.41) is 5.06. The summed E-state index contributed by atoms with van der Waals surface area (Å²) in [7, 11) is 0. The molecule has 1 aliphatic heterocycles. The highest BCUT2D eigenvalue weighted by molar-refractivity contribution is 7.11. The number of nitrogens with one attached hydrogen (secondary N) is 1. The van der Waals surface area contributed by atoms with Crippen molar-refractivity contribution in [3.63, 3.8) is 0 Å². The van der Waals surface area contributed by atoms with Gasteiger partial charge in [-0.15, -0.1) is 11.3 Å². The van der Waals surface area contributed by atoms with Crippen LogP contribution in [-0.4, -0.2) is 18.4 Å². The van der Waals surface area contributed by atoms with Gasteiger partial charge in [0.1, 0.15) is 11.4 Å². The van der Waals surface area contributed by atoms with Gasteiger partial charge < -0.3 is 10.1 Å². The SMILES string of the molecule is CCOc1ccc(N2C(=O)C(Nc3ccc(C)cc3)=C(c3cccs3)C2=O)cc1. The Morgan fingerprint density at radius 2 is 1.69 bits per heavy atom. The minimum atomic E-state index is -0.372. The summed E-state index contributed by atoms with van der Waals surface area (Å²) in [5.41, 5.74) is 3.06. The van der Waals surface area contributed by atoms with Gasteiger partial charge in [-0.2, -0.15) is 0 Å². The molecule has 0 bridgehead atoms. The van der Waals surface area contributed by atoms with E-state index in [2.05, 4.69) is 5.32 Å². The van der Waals surface area contributed by atoms with Gasteiger partial charge >= 0.3 is 0 Å². The Kier molecular flexibility index (Phi) is 5.18. The molecule has 3 aromatic rings. The second-order valence-corrected chi connectivity index (χ2v) is 7.54. The van der Waals surface area contributed by atoms with E-state index in [0.717, 1.165) is 16.1 Å². The molecule has 29 heavy (non-hydrogen) atoms. The summed E-state index contributed by atoms with van der Waals surface area (Å²) in [4.78, 5) is 28.5. The zero-order valence-corrected chi connectivity index (χ0v) is 17.0. The van der Waals surface area contributed by atoms with Crippen LogP contribution in [0, 0.1) is 6.92 Å². The number of anilines is 2. The van der Waals surface area contributed by atoms with Crippen molar-refractivity contribution in [2.75, 3.05) is 16.8 Å². The molecule has 2 heterocycles. The van der Waals surface area contributed by atoms with Crippen LogP contribution in [0.5, 0.6) is 5.75 Å². The molecule has 1 N–H and O–H groups in total. The number of carbonyl (C=O) groups is 2. The highest BCUT2D eigenvalue weighted by atomic mass is 32.1. The third kappa shape index (κ3) is 3.67. The fourth-order valence-electron chi connectivity index (χ4n) is 3.17. The number of hydrogen-bond acceptors (Lipinski definition) is 5. The van der Waals surface area contributed by atoms with Crippen molar-refractivity contribution in [1.82, 2.24) is 0 Å². The van der Waals surface area contributed by atoms with Crippen molar-refractivity contribution in [3.8, 4) is 5.75 Å². The quantitative estimate of drug-likeness (QED) is 0.597. The van der Waals surface area contributed by atoms with E-state index in [4.69, 9.17) is 4.74 Å². The number of carbonyl (C=O) groups excluding carboxylic acids is 2. The maximum absolute atomic E-state index is 13.3. The fraction of sp³-hybridized carbons (Fsp3) is 0.130. The van der Waals surface area contributed by atoms with Gasteiger partial charge in [-0.3, -0.25) is 9.59 Å². The van der Waals surface area contributed by atoms with Gasteiger partial charge in [0.15, 0.2) is 0 Å². The number of aryl methyl sites for hydroxylation is 1. The average molecular weight is 404 g/mol. The number of benzene rings is 2. The zero-order valence-electron chi connectivity index (χ0n) is 16.1. The van der Waals surface area contributed by atoms with Gasteiger partial charge in [-0.05, 0) is 61.7 Å². The molecular weight excluding hydrogens is 384 g/mol. The monoisotopic (exact) mass is 404 g/mol. The molecule has 0 saturated heterocycles. The molecule has 0 atom stereocenters. The highest BCUT2D eigenvalue weighted by Crippen LogP contribution is 2.36. The number of imide groups is 1. The van der Waals surface area contributed by atoms with Crippen LogP contribution in [0.1, 0.15) is 17.4 Å². The average Bonchev–Trinajstić information content (AvgIpc) is 3.32. The van der Waals surface area contributed by atoms with E-state index >= 15 is 0 Å². The molecule has 0 spiro atoms. The molecule has 0 aliphatic carbocycles. The molecule has 0 fully saturated rings. The normalized spacial score (nSPS) is 13.9. The first-order valence-corrected chi connectivity index (χ1v) is 10.2. The van der Waals surface area contributed by atoms with Crippen molar-refractivity contribution in [3.05, 3.63) is 82.2 Å². The highest BCUT2D eigenvalue weighted by Gasteiger charge is 2.40. The fourth-order valence-corrected chi connectivity index (χ4v) is 3.94. The lowest BCUT2D eigenvalue weighted by Crippen LogP contribution is -2.32. The number of rotatable bonds is 6. The Morgan fingerprint density at radius 3 is 2.31 bits per heavy atom. The van der Waals surface area contributed by atoms with E-state index in [1.54, 1.807) is 24.3 Å². The summed E-state index contributed by atoms with van der Waals surface area (Å²) in [6, 6.07) is 18.4. The second-order valence-electron chi connectivity index (χ2n) is 6.59. The van der Waals surface area contributed by atoms with Crippen LogP contribution in [0.4, 0.5) is 11.4 Å². The summed E-state index contributed by atoms with van der Waals surface area (Å²) in [5.74, 6) is -0.0147. The van der Waals surface area contributed by atoms with Gasteiger partial charge in [0.05, 0.1) is 17.9 Å². The molecular formula is C23H20N2O3S. The van der Waals surface area contributed by atoms with Gasteiger partial charge in [0.25, 0.3) is 11.8 Å². The second kappa shape index (κ2) is 7.93. The largest absolute Gasteiger partial charge is 0.494 e. The van der Waals surface area contributed by atoms with Crippen molar-refractivity contribution in [1.29, 1.82) is 0 Å². The first kappa shape index (κ1) is 19.0. The van der Waals surface area contributed by atoms with Crippen LogP contribution >= 0.6 is 11.3 Å². The molecule has 0 unspecified atom stereocenters. The van der Waals surface area contributed by atoms with E-state index < -0.39 is 0 Å². The summed E-state index contributed by atoms with van der Waals surface area (Å²) >= 11 is 1.43. The van der Waals surface area contributed by atoms with Crippen molar-refractivity contribution < 1.29 is 14.3 Å². The molecule has 6 heteroatoms. The minimum Gasteiger partial charge on any atom is -0.494 e. The van der Waals surface area contributed by atoms with Crippen LogP contribution in [0.15, 0.2) is 71.7 Å².